The van der Waals surface area contributed by atoms with Gasteiger partial charge in [0, 0.05) is 6.07 Å². The van der Waals surface area contributed by atoms with Crippen molar-refractivity contribution in [2.24, 2.45) is 0 Å². The molecule has 128 valence electrons. The molecule has 0 unspecified atom stereocenters. The summed E-state index contributed by atoms with van der Waals surface area (Å²) in [6.07, 6.45) is 0. The van der Waals surface area contributed by atoms with E-state index in [0.29, 0.717) is 17.2 Å². The van der Waals surface area contributed by atoms with E-state index in [0.717, 1.165) is 11.4 Å². The van der Waals surface area contributed by atoms with Crippen molar-refractivity contribution in [1.82, 2.24) is 9.78 Å². The number of rotatable bonds is 5. The van der Waals surface area contributed by atoms with Gasteiger partial charge in [-0.3, -0.25) is 0 Å². The molecule has 0 aliphatic heterocycles. The van der Waals surface area contributed by atoms with Crippen LogP contribution in [0.15, 0.2) is 60.7 Å². The van der Waals surface area contributed by atoms with Gasteiger partial charge in [0.05, 0.1) is 24.1 Å². The maximum Gasteiger partial charge on any atom is 0.344 e. The van der Waals surface area contributed by atoms with Crippen LogP contribution < -0.4 is 9.47 Å². The Morgan fingerprint density at radius 2 is 1.72 bits per heavy atom. The zero-order valence-electron chi connectivity index (χ0n) is 14.5. The molecule has 0 aliphatic carbocycles. The van der Waals surface area contributed by atoms with E-state index in [-0.39, 0.29) is 5.92 Å². The van der Waals surface area contributed by atoms with Crippen LogP contribution in [0.2, 0.25) is 0 Å². The van der Waals surface area contributed by atoms with Gasteiger partial charge in [0.25, 0.3) is 0 Å². The van der Waals surface area contributed by atoms with Gasteiger partial charge in [-0.2, -0.15) is 5.10 Å². The van der Waals surface area contributed by atoms with Gasteiger partial charge in [0.15, 0.2) is 0 Å². The van der Waals surface area contributed by atoms with Crippen molar-refractivity contribution in [3.63, 3.8) is 0 Å². The number of nitrogens with zero attached hydrogens (tertiary/aromatic N) is 2. The summed E-state index contributed by atoms with van der Waals surface area (Å²) >= 11 is 0. The van der Waals surface area contributed by atoms with Crippen LogP contribution in [-0.2, 0) is 0 Å². The SMILES string of the molecule is COc1ccc(C(=O)Oc2cc(C(C)C)nn2-c2ccccc2)cc1. The molecule has 0 fully saturated rings. The molecule has 0 aliphatic rings. The summed E-state index contributed by atoms with van der Waals surface area (Å²) in [5.41, 5.74) is 2.15. The van der Waals surface area contributed by atoms with Crippen LogP contribution in [0.1, 0.15) is 35.8 Å². The third kappa shape index (κ3) is 3.71. The first-order valence-electron chi connectivity index (χ1n) is 8.10. The van der Waals surface area contributed by atoms with Gasteiger partial charge in [0.1, 0.15) is 5.75 Å². The van der Waals surface area contributed by atoms with Crippen molar-refractivity contribution >= 4 is 5.97 Å². The molecular formula is C20H20N2O3. The number of methoxy groups -OCH3 is 1. The van der Waals surface area contributed by atoms with Crippen molar-refractivity contribution < 1.29 is 14.3 Å². The average Bonchev–Trinajstić information content (AvgIpc) is 3.06. The summed E-state index contributed by atoms with van der Waals surface area (Å²) in [5, 5.41) is 4.57. The van der Waals surface area contributed by atoms with Gasteiger partial charge in [0.2, 0.25) is 5.88 Å². The second-order valence-corrected chi connectivity index (χ2v) is 5.93. The van der Waals surface area contributed by atoms with Crippen molar-refractivity contribution in [3.8, 4) is 17.3 Å². The summed E-state index contributed by atoms with van der Waals surface area (Å²) in [6, 6.07) is 18.2. The number of ether oxygens (including phenoxy) is 2. The molecule has 0 saturated heterocycles. The van der Waals surface area contributed by atoms with Gasteiger partial charge in [-0.25, -0.2) is 9.48 Å². The van der Waals surface area contributed by atoms with Crippen LogP contribution in [0.5, 0.6) is 11.6 Å². The maximum absolute atomic E-state index is 12.5. The molecule has 3 aromatic rings. The zero-order chi connectivity index (χ0) is 17.8. The maximum atomic E-state index is 12.5. The third-order valence-corrected chi connectivity index (χ3v) is 3.81. The summed E-state index contributed by atoms with van der Waals surface area (Å²) in [5.74, 6) is 0.877. The molecule has 1 aromatic heterocycles. The van der Waals surface area contributed by atoms with Gasteiger partial charge in [-0.1, -0.05) is 32.0 Å². The molecule has 2 aromatic carbocycles. The van der Waals surface area contributed by atoms with Crippen LogP contribution >= 0.6 is 0 Å². The monoisotopic (exact) mass is 336 g/mol. The standard InChI is InChI=1S/C20H20N2O3/c1-14(2)18-13-19(22(21-18)16-7-5-4-6-8-16)25-20(23)15-9-11-17(24-3)12-10-15/h4-14H,1-3H3. The van der Waals surface area contributed by atoms with Crippen LogP contribution in [0, 0.1) is 0 Å². The number of esters is 1. The minimum absolute atomic E-state index is 0.225. The molecule has 25 heavy (non-hydrogen) atoms. The van der Waals surface area contributed by atoms with Crippen LogP contribution in [-0.4, -0.2) is 22.9 Å². The lowest BCUT2D eigenvalue weighted by atomic mass is 10.1. The Labute approximate surface area is 146 Å². The van der Waals surface area contributed by atoms with Crippen molar-refractivity contribution in [1.29, 1.82) is 0 Å². The first-order chi connectivity index (χ1) is 12.1. The second kappa shape index (κ2) is 7.21. The van der Waals surface area contributed by atoms with E-state index in [1.54, 1.807) is 42.1 Å². The van der Waals surface area contributed by atoms with Crippen LogP contribution in [0.3, 0.4) is 0 Å². The number of hydrogen-bond donors (Lipinski definition) is 0. The molecule has 5 nitrogen and oxygen atoms in total. The molecule has 0 amide bonds. The van der Waals surface area contributed by atoms with Crippen LogP contribution in [0.4, 0.5) is 0 Å². The fourth-order valence-electron chi connectivity index (χ4n) is 2.37. The average molecular weight is 336 g/mol. The highest BCUT2D eigenvalue weighted by atomic mass is 16.5. The van der Waals surface area contributed by atoms with Gasteiger partial charge < -0.3 is 9.47 Å². The highest BCUT2D eigenvalue weighted by Gasteiger charge is 2.17. The van der Waals surface area contributed by atoms with E-state index in [2.05, 4.69) is 5.10 Å². The molecule has 0 spiro atoms. The fourth-order valence-corrected chi connectivity index (χ4v) is 2.37. The van der Waals surface area contributed by atoms with Crippen LogP contribution in [0.25, 0.3) is 5.69 Å². The first kappa shape index (κ1) is 16.8. The highest BCUT2D eigenvalue weighted by Crippen LogP contribution is 2.24. The highest BCUT2D eigenvalue weighted by molar-refractivity contribution is 5.91. The van der Waals surface area contributed by atoms with E-state index in [4.69, 9.17) is 9.47 Å². The Kier molecular flexibility index (Phi) is 4.84. The Morgan fingerprint density at radius 3 is 2.32 bits per heavy atom. The fraction of sp³-hybridized carbons (Fsp3) is 0.200. The van der Waals surface area contributed by atoms with Gasteiger partial charge in [-0.05, 0) is 42.3 Å². The number of carbonyl (C=O) groups excluding carboxylic acids is 1. The lowest BCUT2D eigenvalue weighted by molar-refractivity contribution is 0.0723. The van der Waals surface area contributed by atoms with Gasteiger partial charge in [-0.15, -0.1) is 0 Å². The smallest absolute Gasteiger partial charge is 0.344 e. The van der Waals surface area contributed by atoms with Crippen molar-refractivity contribution in [2.75, 3.05) is 7.11 Å². The van der Waals surface area contributed by atoms with E-state index in [1.807, 2.05) is 44.2 Å². The molecule has 0 saturated carbocycles. The molecule has 5 heteroatoms. The summed E-state index contributed by atoms with van der Waals surface area (Å²) < 4.78 is 12.4. The molecule has 0 N–H and O–H groups in total. The normalized spacial score (nSPS) is 10.7. The summed E-state index contributed by atoms with van der Waals surface area (Å²) in [7, 11) is 1.58. The Balaban J connectivity index is 1.91. The van der Waals surface area contributed by atoms with E-state index in [1.165, 1.54) is 0 Å². The van der Waals surface area contributed by atoms with Crippen molar-refractivity contribution in [3.05, 3.63) is 71.9 Å². The van der Waals surface area contributed by atoms with E-state index >= 15 is 0 Å². The third-order valence-electron chi connectivity index (χ3n) is 3.81. The molecule has 1 heterocycles. The largest absolute Gasteiger partial charge is 0.497 e. The first-order valence-corrected chi connectivity index (χ1v) is 8.10. The lowest BCUT2D eigenvalue weighted by Gasteiger charge is -2.08. The number of para-hydroxylation sites is 1. The topological polar surface area (TPSA) is 53.4 Å². The number of aromatic nitrogens is 2. The molecule has 0 radical (unpaired) electrons. The Hall–Kier alpha value is -3.08. The second-order valence-electron chi connectivity index (χ2n) is 5.93. The number of hydrogen-bond acceptors (Lipinski definition) is 4. The lowest BCUT2D eigenvalue weighted by Crippen LogP contribution is -2.11. The zero-order valence-corrected chi connectivity index (χ0v) is 14.5. The molecular weight excluding hydrogens is 316 g/mol. The molecule has 0 atom stereocenters. The summed E-state index contributed by atoms with van der Waals surface area (Å²) in [6.45, 7) is 4.10. The van der Waals surface area contributed by atoms with E-state index in [9.17, 15) is 4.79 Å². The van der Waals surface area contributed by atoms with Crippen molar-refractivity contribution in [2.45, 2.75) is 19.8 Å². The number of carbonyl (C=O) groups is 1. The minimum atomic E-state index is -0.435. The molecule has 3 rings (SSSR count). The minimum Gasteiger partial charge on any atom is -0.497 e. The Bertz CT molecular complexity index is 852. The Morgan fingerprint density at radius 1 is 1.04 bits per heavy atom. The molecule has 0 bridgehead atoms. The predicted octanol–water partition coefficient (Wildman–Crippen LogP) is 4.22. The number of benzene rings is 2. The van der Waals surface area contributed by atoms with E-state index < -0.39 is 5.97 Å². The summed E-state index contributed by atoms with van der Waals surface area (Å²) in [4.78, 5) is 12.5. The quantitative estimate of drug-likeness (QED) is 0.655. The van der Waals surface area contributed by atoms with Gasteiger partial charge >= 0.3 is 5.97 Å². The predicted molar refractivity (Wildman–Crippen MR) is 95.6 cm³/mol.